The second-order valence-electron chi connectivity index (χ2n) is 15.4. The molecule has 3 aliphatic rings. The minimum atomic E-state index is -0.455. The molecule has 3 aliphatic heterocycles. The molecule has 3 heterocycles. The van der Waals surface area contributed by atoms with E-state index in [1.54, 1.807) is 0 Å². The van der Waals surface area contributed by atoms with Crippen LogP contribution in [0.1, 0.15) is 107 Å². The summed E-state index contributed by atoms with van der Waals surface area (Å²) in [5.74, 6) is 1.68. The van der Waals surface area contributed by atoms with E-state index in [1.165, 1.54) is 0 Å². The number of hydrogen-bond donors (Lipinski definition) is 4. The average molecular weight is 735 g/mol. The Bertz CT molecular complexity index is 955. The predicted octanol–water partition coefficient (Wildman–Crippen LogP) is 3.78. The number of nitrogens with two attached hydrogens (primary N) is 1. The van der Waals surface area contributed by atoms with Crippen molar-refractivity contribution in [2.75, 3.05) is 52.6 Å². The molecule has 3 fully saturated rings. The summed E-state index contributed by atoms with van der Waals surface area (Å²) in [4.78, 5) is 51.7. The summed E-state index contributed by atoms with van der Waals surface area (Å²) in [6, 6.07) is 0.129. The Morgan fingerprint density at radius 3 is 1.62 bits per heavy atom. The van der Waals surface area contributed by atoms with Crippen LogP contribution in [-0.2, 0) is 28.7 Å². The summed E-state index contributed by atoms with van der Waals surface area (Å²) in [6.45, 7) is 20.5. The highest BCUT2D eigenvalue weighted by atomic mass is 35.5. The molecule has 0 saturated carbocycles. The van der Waals surface area contributed by atoms with Crippen LogP contribution < -0.4 is 11.1 Å². The molecular weight excluding hydrogens is 664 g/mol. The number of hydrogen-bond acceptors (Lipinski definition) is 9. The third kappa shape index (κ3) is 17.6. The van der Waals surface area contributed by atoms with Gasteiger partial charge in [-0.1, -0.05) is 55.4 Å². The summed E-state index contributed by atoms with van der Waals surface area (Å²) in [6.07, 6.45) is 6.55. The molecule has 0 aromatic rings. The van der Waals surface area contributed by atoms with Crippen LogP contribution in [0, 0.1) is 35.5 Å². The van der Waals surface area contributed by atoms with Gasteiger partial charge in [0.25, 0.3) is 0 Å². The standard InChI is InChI=1S/C19H34N2O4.C16H30N2O2.C2H6O2.ClH/c1-14(2)11-16(20-13-22)12-17(15(3)4)18(23)21-7-5-19(6-8-21)24-9-10-25-19;1-11(2)9-13(17)10-15(12(3)4)16(20)18-7-5-14(19)6-8-18;3-1-2-4;/h13-17H,5-12H2,1-4H3,(H,20,22);11-13,15H,5-10,17H2,1-4H3;3-4H,1-2H2;1H. The van der Waals surface area contributed by atoms with Crippen LogP contribution in [0.5, 0.6) is 0 Å². The van der Waals surface area contributed by atoms with Gasteiger partial charge >= 0.3 is 0 Å². The molecule has 0 bridgehead atoms. The highest BCUT2D eigenvalue weighted by molar-refractivity contribution is 5.85. The van der Waals surface area contributed by atoms with Gasteiger partial charge in [-0.3, -0.25) is 19.2 Å². The summed E-state index contributed by atoms with van der Waals surface area (Å²) in [5, 5.41) is 18.2. The van der Waals surface area contributed by atoms with Crippen molar-refractivity contribution in [3.8, 4) is 0 Å². The first-order valence-corrected chi connectivity index (χ1v) is 18.6. The molecule has 3 rings (SSSR count). The first-order chi connectivity index (χ1) is 23.1. The van der Waals surface area contributed by atoms with Crippen molar-refractivity contribution in [2.24, 2.45) is 41.2 Å². The number of Topliss-reactive ketones (excluding diaryl/α,β-unsaturated/α-hetero) is 1. The highest BCUT2D eigenvalue weighted by Gasteiger charge is 2.42. The lowest BCUT2D eigenvalue weighted by molar-refractivity contribution is -0.188. The van der Waals surface area contributed by atoms with E-state index in [0.717, 1.165) is 38.5 Å². The minimum absolute atomic E-state index is 0. The number of likely N-dealkylation sites (tertiary alicyclic amines) is 2. The van der Waals surface area contributed by atoms with Crippen LogP contribution in [0.15, 0.2) is 0 Å². The van der Waals surface area contributed by atoms with Crippen molar-refractivity contribution in [1.82, 2.24) is 15.1 Å². The number of carbonyl (C=O) groups excluding carboxylic acids is 4. The van der Waals surface area contributed by atoms with Crippen molar-refractivity contribution in [2.45, 2.75) is 125 Å². The monoisotopic (exact) mass is 734 g/mol. The molecule has 4 atom stereocenters. The lowest BCUT2D eigenvalue weighted by atomic mass is 9.85. The number of carbonyl (C=O) groups is 4. The third-order valence-corrected chi connectivity index (χ3v) is 9.56. The molecule has 294 valence electrons. The van der Waals surface area contributed by atoms with E-state index in [-0.39, 0.29) is 73.1 Å². The molecule has 3 saturated heterocycles. The number of halogens is 1. The second kappa shape index (κ2) is 25.2. The van der Waals surface area contributed by atoms with Gasteiger partial charge in [0.1, 0.15) is 5.78 Å². The largest absolute Gasteiger partial charge is 0.394 e. The highest BCUT2D eigenvalue weighted by Crippen LogP contribution is 2.33. The van der Waals surface area contributed by atoms with E-state index in [2.05, 4.69) is 60.7 Å². The Morgan fingerprint density at radius 2 is 1.22 bits per heavy atom. The number of aliphatic hydroxyl groups excluding tert-OH is 2. The van der Waals surface area contributed by atoms with Crippen LogP contribution in [-0.4, -0.2) is 114 Å². The van der Waals surface area contributed by atoms with Crippen molar-refractivity contribution in [3.05, 3.63) is 0 Å². The zero-order chi connectivity index (χ0) is 37.1. The van der Waals surface area contributed by atoms with Gasteiger partial charge in [-0.25, -0.2) is 0 Å². The Labute approximate surface area is 308 Å². The van der Waals surface area contributed by atoms with Crippen LogP contribution in [0.25, 0.3) is 0 Å². The number of nitrogens with one attached hydrogen (secondary N) is 1. The first kappa shape index (κ1) is 48.2. The molecule has 0 aromatic heterocycles. The molecule has 12 nitrogen and oxygen atoms in total. The van der Waals surface area contributed by atoms with E-state index in [9.17, 15) is 19.2 Å². The molecule has 1 spiro atoms. The van der Waals surface area contributed by atoms with Gasteiger partial charge in [-0.2, -0.15) is 0 Å². The second-order valence-corrected chi connectivity index (χ2v) is 15.4. The SMILES string of the molecule is CC(C)CC(CC(C(=O)N1CCC2(CC1)OCCO2)C(C)C)NC=O.CC(C)CC(N)CC(C(=O)N1CCC(=O)CC1)C(C)C.Cl.OCCO. The van der Waals surface area contributed by atoms with Gasteiger partial charge < -0.3 is 40.5 Å². The van der Waals surface area contributed by atoms with Crippen LogP contribution in [0.2, 0.25) is 0 Å². The van der Waals surface area contributed by atoms with Crippen LogP contribution >= 0.6 is 12.4 Å². The number of rotatable bonds is 15. The Morgan fingerprint density at radius 1 is 0.780 bits per heavy atom. The number of aliphatic hydroxyl groups is 2. The number of amides is 3. The topological polar surface area (TPSA) is 172 Å². The average Bonchev–Trinajstić information content (AvgIpc) is 3.49. The smallest absolute Gasteiger partial charge is 0.226 e. The molecular formula is C37H71ClN4O8. The zero-order valence-corrected chi connectivity index (χ0v) is 33.1. The Kier molecular flexibility index (Phi) is 24.3. The number of nitrogens with zero attached hydrogens (tertiary/aromatic N) is 2. The fourth-order valence-electron chi connectivity index (χ4n) is 6.85. The van der Waals surface area contributed by atoms with E-state index in [0.29, 0.717) is 76.4 Å². The number of piperidine rings is 2. The van der Waals surface area contributed by atoms with Gasteiger partial charge in [0.05, 0.1) is 26.4 Å². The summed E-state index contributed by atoms with van der Waals surface area (Å²) in [7, 11) is 0. The minimum Gasteiger partial charge on any atom is -0.394 e. The van der Waals surface area contributed by atoms with E-state index in [1.807, 2.05) is 9.80 Å². The van der Waals surface area contributed by atoms with Gasteiger partial charge in [-0.05, 0) is 49.4 Å². The van der Waals surface area contributed by atoms with Gasteiger partial charge in [0.15, 0.2) is 5.79 Å². The summed E-state index contributed by atoms with van der Waals surface area (Å²) >= 11 is 0. The molecule has 0 aromatic carbocycles. The maximum atomic E-state index is 13.1. The maximum absolute atomic E-state index is 13.1. The number of ketones is 1. The summed E-state index contributed by atoms with van der Waals surface area (Å²) in [5.41, 5.74) is 6.18. The number of ether oxygens (including phenoxy) is 2. The quantitative estimate of drug-likeness (QED) is 0.183. The van der Waals surface area contributed by atoms with Gasteiger partial charge in [-0.15, -0.1) is 12.4 Å². The lowest BCUT2D eigenvalue weighted by Gasteiger charge is -2.39. The van der Waals surface area contributed by atoms with E-state index < -0.39 is 5.79 Å². The molecule has 50 heavy (non-hydrogen) atoms. The molecule has 0 radical (unpaired) electrons. The molecule has 4 unspecified atom stereocenters. The molecule has 0 aliphatic carbocycles. The van der Waals surface area contributed by atoms with E-state index >= 15 is 0 Å². The van der Waals surface area contributed by atoms with Gasteiger partial charge in [0.2, 0.25) is 18.2 Å². The fourth-order valence-corrected chi connectivity index (χ4v) is 6.85. The van der Waals surface area contributed by atoms with Gasteiger partial charge in [0, 0.05) is 75.8 Å². The van der Waals surface area contributed by atoms with Crippen LogP contribution in [0.4, 0.5) is 0 Å². The third-order valence-electron chi connectivity index (χ3n) is 9.56. The maximum Gasteiger partial charge on any atom is 0.226 e. The van der Waals surface area contributed by atoms with Crippen molar-refractivity contribution < 1.29 is 38.9 Å². The molecule has 13 heteroatoms. The first-order valence-electron chi connectivity index (χ1n) is 18.6. The lowest BCUT2D eigenvalue weighted by Crippen LogP contribution is -2.50. The fraction of sp³-hybridized carbons (Fsp3) is 0.892. The molecule has 3 amide bonds. The normalized spacial score (nSPS) is 19.6. The van der Waals surface area contributed by atoms with Crippen molar-refractivity contribution >= 4 is 36.4 Å². The van der Waals surface area contributed by atoms with Crippen molar-refractivity contribution in [3.63, 3.8) is 0 Å². The summed E-state index contributed by atoms with van der Waals surface area (Å²) < 4.78 is 11.5. The Balaban J connectivity index is 0.000000868. The van der Waals surface area contributed by atoms with E-state index in [4.69, 9.17) is 25.4 Å². The van der Waals surface area contributed by atoms with Crippen molar-refractivity contribution in [1.29, 1.82) is 0 Å². The predicted molar refractivity (Wildman–Crippen MR) is 198 cm³/mol. The van der Waals surface area contributed by atoms with Crippen LogP contribution in [0.3, 0.4) is 0 Å². The Hall–Kier alpha value is -1.83. The zero-order valence-electron chi connectivity index (χ0n) is 32.2. The molecule has 5 N–H and O–H groups in total.